The minimum absolute atomic E-state index is 0.0756. The Kier molecular flexibility index (Phi) is 5.71. The van der Waals surface area contributed by atoms with Crippen LogP contribution in [0, 0.1) is 17.8 Å². The number of nitrogens with two attached hydrogens (primary N) is 1. The van der Waals surface area contributed by atoms with Crippen molar-refractivity contribution in [3.05, 3.63) is 83.4 Å². The summed E-state index contributed by atoms with van der Waals surface area (Å²) in [6.07, 6.45) is -1.21. The maximum absolute atomic E-state index is 13.8. The number of phenolic OH excluding ortho intramolecular Hbond substituents is 1. The Labute approximate surface area is 224 Å². The van der Waals surface area contributed by atoms with E-state index in [4.69, 9.17) is 5.73 Å². The van der Waals surface area contributed by atoms with Gasteiger partial charge in [-0.2, -0.15) is 0 Å². The molecule has 8 heteroatoms. The lowest BCUT2D eigenvalue weighted by atomic mass is 9.56. The summed E-state index contributed by atoms with van der Waals surface area (Å²) in [6, 6.07) is 20.5. The predicted octanol–water partition coefficient (Wildman–Crippen LogP) is 2.92. The second-order valence-corrected chi connectivity index (χ2v) is 10.6. The molecule has 0 radical (unpaired) electrons. The summed E-state index contributed by atoms with van der Waals surface area (Å²) >= 11 is 0. The number of amides is 1. The molecule has 0 spiro atoms. The van der Waals surface area contributed by atoms with E-state index in [0.717, 1.165) is 11.1 Å². The molecule has 8 nitrogen and oxygen atoms in total. The average Bonchev–Trinajstić information content (AvgIpc) is 2.91. The molecule has 3 aromatic rings. The van der Waals surface area contributed by atoms with Crippen LogP contribution in [0.4, 0.5) is 0 Å². The van der Waals surface area contributed by atoms with Gasteiger partial charge in [0.05, 0.1) is 11.7 Å². The third kappa shape index (κ3) is 3.56. The van der Waals surface area contributed by atoms with Crippen molar-refractivity contribution in [3.63, 3.8) is 0 Å². The molecule has 1 amide bonds. The van der Waals surface area contributed by atoms with Crippen LogP contribution in [0.1, 0.15) is 24.0 Å². The van der Waals surface area contributed by atoms with Gasteiger partial charge in [-0.15, -0.1) is 0 Å². The van der Waals surface area contributed by atoms with Crippen LogP contribution in [0.2, 0.25) is 0 Å². The van der Waals surface area contributed by atoms with Crippen LogP contribution in [-0.4, -0.2) is 49.6 Å². The summed E-state index contributed by atoms with van der Waals surface area (Å²) in [5.41, 5.74) is 6.05. The van der Waals surface area contributed by atoms with E-state index in [0.29, 0.717) is 16.7 Å². The molecule has 2 saturated carbocycles. The highest BCUT2D eigenvalue weighted by Gasteiger charge is 2.64. The summed E-state index contributed by atoms with van der Waals surface area (Å²) < 4.78 is 0. The number of hydrogen-bond acceptors (Lipinski definition) is 7. The average molecular weight is 526 g/mol. The first-order chi connectivity index (χ1) is 18.6. The van der Waals surface area contributed by atoms with Crippen molar-refractivity contribution in [2.75, 3.05) is 0 Å². The fourth-order valence-electron chi connectivity index (χ4n) is 6.71. The Morgan fingerprint density at radius 2 is 1.49 bits per heavy atom. The molecule has 0 aliphatic heterocycles. The number of aliphatic hydroxyl groups excluding tert-OH is 2. The molecule has 5 atom stereocenters. The van der Waals surface area contributed by atoms with Gasteiger partial charge in [-0.3, -0.25) is 14.4 Å². The Morgan fingerprint density at radius 3 is 2.08 bits per heavy atom. The van der Waals surface area contributed by atoms with Gasteiger partial charge in [-0.25, -0.2) is 0 Å². The monoisotopic (exact) mass is 525 g/mol. The van der Waals surface area contributed by atoms with E-state index in [1.54, 1.807) is 0 Å². The second-order valence-electron chi connectivity index (χ2n) is 10.6. The molecule has 0 aromatic heterocycles. The van der Waals surface area contributed by atoms with Crippen LogP contribution in [0.5, 0.6) is 5.75 Å². The zero-order chi connectivity index (χ0) is 27.6. The molecule has 198 valence electrons. The van der Waals surface area contributed by atoms with E-state index in [9.17, 15) is 34.8 Å². The lowest BCUT2D eigenvalue weighted by Gasteiger charge is -2.48. The third-order valence-electron chi connectivity index (χ3n) is 8.55. The number of rotatable bonds is 3. The Balaban J connectivity index is 1.58. The number of aromatic hydroxyl groups is 1. The van der Waals surface area contributed by atoms with Crippen LogP contribution >= 0.6 is 0 Å². The van der Waals surface area contributed by atoms with Crippen LogP contribution in [0.25, 0.3) is 28.0 Å². The number of hydrogen-bond donors (Lipinski definition) is 5. The highest BCUT2D eigenvalue weighted by atomic mass is 16.3. The van der Waals surface area contributed by atoms with Gasteiger partial charge >= 0.3 is 0 Å². The predicted molar refractivity (Wildman–Crippen MR) is 142 cm³/mol. The molecule has 2 fully saturated rings. The molecular formula is C31H27NO7. The van der Waals surface area contributed by atoms with Crippen molar-refractivity contribution in [2.24, 2.45) is 23.5 Å². The molecule has 3 aliphatic rings. The summed E-state index contributed by atoms with van der Waals surface area (Å²) in [7, 11) is 0. The summed E-state index contributed by atoms with van der Waals surface area (Å²) in [5, 5.41) is 45.0. The molecule has 6 rings (SSSR count). The number of fused-ring (bicyclic) bond motifs is 3. The van der Waals surface area contributed by atoms with E-state index in [-0.39, 0.29) is 36.1 Å². The first kappa shape index (κ1) is 25.0. The van der Waals surface area contributed by atoms with Crippen LogP contribution in [-0.2, 0) is 20.8 Å². The summed E-state index contributed by atoms with van der Waals surface area (Å²) in [6.45, 7) is 0. The molecule has 39 heavy (non-hydrogen) atoms. The number of ketones is 2. The van der Waals surface area contributed by atoms with Gasteiger partial charge < -0.3 is 26.2 Å². The maximum atomic E-state index is 13.8. The van der Waals surface area contributed by atoms with Crippen molar-refractivity contribution < 1.29 is 34.8 Å². The topological polar surface area (TPSA) is 158 Å². The molecule has 3 aromatic carbocycles. The lowest BCUT2D eigenvalue weighted by molar-refractivity contribution is -0.174. The minimum atomic E-state index is -2.61. The van der Waals surface area contributed by atoms with Gasteiger partial charge in [0.2, 0.25) is 11.7 Å². The standard InChI is InChI=1S/C31H27NO7/c32-30(38)25-22(33)13-18-11-17-12-21-19(15-7-3-1-4-8-15)14-20(16-9-5-2-6-10-16)26(34)24(21)27(35)23(17)28(36)31(18,39)29(25)37/h1-10,14,17-18,22,25,33-35,39H,11-13H2,(H2,32,38)/t17-,18+,22?,25?,31+/m1/s1. The highest BCUT2D eigenvalue weighted by molar-refractivity contribution is 6.24. The van der Waals surface area contributed by atoms with Crippen LogP contribution in [0.15, 0.2) is 72.3 Å². The van der Waals surface area contributed by atoms with E-state index < -0.39 is 52.7 Å². The fourth-order valence-corrected chi connectivity index (χ4v) is 6.71. The van der Waals surface area contributed by atoms with E-state index in [1.165, 1.54) is 0 Å². The molecule has 2 unspecified atom stereocenters. The number of carbonyl (C=O) groups excluding carboxylic acids is 3. The van der Waals surface area contributed by atoms with Crippen LogP contribution in [0.3, 0.4) is 0 Å². The van der Waals surface area contributed by atoms with Crippen molar-refractivity contribution in [1.82, 2.24) is 0 Å². The molecule has 6 N–H and O–H groups in total. The molecule has 0 saturated heterocycles. The van der Waals surface area contributed by atoms with Crippen molar-refractivity contribution >= 4 is 23.2 Å². The maximum Gasteiger partial charge on any atom is 0.230 e. The largest absolute Gasteiger partial charge is 0.507 e. The third-order valence-corrected chi connectivity index (χ3v) is 8.55. The Bertz CT molecular complexity index is 1560. The SMILES string of the molecule is NC(=O)C1C(=O)[C@@]2(O)C(=O)C3=C(O)c4c(O)c(-c5ccccc5)cc(-c5ccccc5)c4C[C@H]3C[C@H]2CC1O. The van der Waals surface area contributed by atoms with Gasteiger partial charge in [0.15, 0.2) is 11.4 Å². The number of Topliss-reactive ketones (excluding diaryl/α,β-unsaturated/α-hetero) is 2. The van der Waals surface area contributed by atoms with Gasteiger partial charge in [0.1, 0.15) is 17.4 Å². The molecule has 3 aliphatic carbocycles. The minimum Gasteiger partial charge on any atom is -0.507 e. The van der Waals surface area contributed by atoms with E-state index in [2.05, 4.69) is 0 Å². The first-order valence-electron chi connectivity index (χ1n) is 12.9. The number of primary amides is 1. The van der Waals surface area contributed by atoms with Gasteiger partial charge in [-0.1, -0.05) is 60.7 Å². The van der Waals surface area contributed by atoms with E-state index in [1.807, 2.05) is 66.7 Å². The number of carbonyl (C=O) groups is 3. The van der Waals surface area contributed by atoms with Crippen molar-refractivity contribution in [3.8, 4) is 28.0 Å². The van der Waals surface area contributed by atoms with Crippen LogP contribution < -0.4 is 5.73 Å². The number of benzene rings is 3. The number of aliphatic hydroxyl groups is 3. The van der Waals surface area contributed by atoms with Crippen molar-refractivity contribution in [2.45, 2.75) is 31.0 Å². The quantitative estimate of drug-likeness (QED) is 0.329. The lowest BCUT2D eigenvalue weighted by Crippen LogP contribution is -2.66. The smallest absolute Gasteiger partial charge is 0.230 e. The summed E-state index contributed by atoms with van der Waals surface area (Å²) in [4.78, 5) is 39.0. The first-order valence-corrected chi connectivity index (χ1v) is 12.9. The fraction of sp³-hybridized carbons (Fsp3) is 0.258. The highest BCUT2D eigenvalue weighted by Crippen LogP contribution is 2.54. The molecule has 0 bridgehead atoms. The molecule has 0 heterocycles. The van der Waals surface area contributed by atoms with Gasteiger partial charge in [0.25, 0.3) is 0 Å². The second kappa shape index (κ2) is 8.90. The number of phenols is 1. The zero-order valence-corrected chi connectivity index (χ0v) is 20.9. The Hall–Kier alpha value is -4.27. The molecular weight excluding hydrogens is 498 g/mol. The van der Waals surface area contributed by atoms with Gasteiger partial charge in [-0.05, 0) is 53.5 Å². The zero-order valence-electron chi connectivity index (χ0n) is 20.9. The normalized spacial score (nSPS) is 27.9. The summed E-state index contributed by atoms with van der Waals surface area (Å²) in [5.74, 6) is -7.27. The van der Waals surface area contributed by atoms with Crippen molar-refractivity contribution in [1.29, 1.82) is 0 Å². The van der Waals surface area contributed by atoms with E-state index >= 15 is 0 Å². The Morgan fingerprint density at radius 1 is 0.897 bits per heavy atom. The van der Waals surface area contributed by atoms with Gasteiger partial charge in [0, 0.05) is 17.1 Å².